The van der Waals surface area contributed by atoms with E-state index in [-0.39, 0.29) is 5.78 Å². The van der Waals surface area contributed by atoms with E-state index in [0.29, 0.717) is 0 Å². The number of hydrogen-bond acceptors (Lipinski definition) is 2. The first-order chi connectivity index (χ1) is 6.61. The number of Topliss-reactive ketones (excluding diaryl/α,β-unsaturated/α-hetero) is 1. The van der Waals surface area contributed by atoms with Gasteiger partial charge in [0.15, 0.2) is 5.78 Å². The van der Waals surface area contributed by atoms with Gasteiger partial charge < -0.3 is 4.90 Å². The molecule has 0 amide bonds. The van der Waals surface area contributed by atoms with Crippen molar-refractivity contribution >= 4 is 11.5 Å². The first-order valence-corrected chi connectivity index (χ1v) is 4.58. The average Bonchev–Trinajstić information content (AvgIpc) is 2.19. The summed E-state index contributed by atoms with van der Waals surface area (Å²) in [6.07, 6.45) is 1.84. The zero-order chi connectivity index (χ0) is 10.6. The molecule has 0 bridgehead atoms. The van der Waals surface area contributed by atoms with E-state index in [2.05, 4.69) is 0 Å². The first kappa shape index (κ1) is 10.5. The number of benzene rings is 1. The van der Waals surface area contributed by atoms with Crippen LogP contribution in [0.1, 0.15) is 13.8 Å². The van der Waals surface area contributed by atoms with Crippen LogP contribution in [0, 0.1) is 0 Å². The summed E-state index contributed by atoms with van der Waals surface area (Å²) in [7, 11) is 1.93. The highest BCUT2D eigenvalue weighted by atomic mass is 16.1. The van der Waals surface area contributed by atoms with Crippen LogP contribution in [0.2, 0.25) is 0 Å². The van der Waals surface area contributed by atoms with Crippen molar-refractivity contribution < 1.29 is 4.79 Å². The Morgan fingerprint density at radius 1 is 1.21 bits per heavy atom. The van der Waals surface area contributed by atoms with Gasteiger partial charge in [-0.15, -0.1) is 0 Å². The Kier molecular flexibility index (Phi) is 3.46. The zero-order valence-corrected chi connectivity index (χ0v) is 8.82. The van der Waals surface area contributed by atoms with Gasteiger partial charge in [0.1, 0.15) is 0 Å². The van der Waals surface area contributed by atoms with Gasteiger partial charge in [-0.05, 0) is 26.0 Å². The van der Waals surface area contributed by atoms with Crippen molar-refractivity contribution in [3.05, 3.63) is 42.1 Å². The number of carbonyl (C=O) groups is 1. The summed E-state index contributed by atoms with van der Waals surface area (Å²) in [5, 5.41) is 0. The fourth-order valence-electron chi connectivity index (χ4n) is 1.12. The first-order valence-electron chi connectivity index (χ1n) is 4.58. The average molecular weight is 189 g/mol. The number of ketones is 1. The molecule has 1 rings (SSSR count). The molecule has 0 N–H and O–H groups in total. The minimum atomic E-state index is 0.104. The third-order valence-electron chi connectivity index (χ3n) is 2.11. The molecule has 0 atom stereocenters. The molecular formula is C12H15NO. The van der Waals surface area contributed by atoms with E-state index in [9.17, 15) is 4.79 Å². The molecule has 0 aliphatic heterocycles. The molecule has 0 radical (unpaired) electrons. The molecule has 2 nitrogen and oxygen atoms in total. The normalized spacial score (nSPS) is 11.2. The second kappa shape index (κ2) is 4.61. The molecule has 0 aliphatic rings. The van der Waals surface area contributed by atoms with Gasteiger partial charge in [0.25, 0.3) is 0 Å². The quantitative estimate of drug-likeness (QED) is 0.681. The van der Waals surface area contributed by atoms with Crippen LogP contribution >= 0.6 is 0 Å². The Morgan fingerprint density at radius 3 is 2.29 bits per heavy atom. The van der Waals surface area contributed by atoms with Crippen molar-refractivity contribution in [2.75, 3.05) is 11.9 Å². The van der Waals surface area contributed by atoms with E-state index in [0.717, 1.165) is 11.3 Å². The van der Waals surface area contributed by atoms with Crippen molar-refractivity contribution in [1.82, 2.24) is 0 Å². The van der Waals surface area contributed by atoms with Crippen LogP contribution in [0.4, 0.5) is 5.69 Å². The summed E-state index contributed by atoms with van der Waals surface area (Å²) in [6, 6.07) is 9.93. The van der Waals surface area contributed by atoms with Gasteiger partial charge in [-0.1, -0.05) is 18.2 Å². The summed E-state index contributed by atoms with van der Waals surface area (Å²) in [5.41, 5.74) is 1.84. The van der Waals surface area contributed by atoms with Crippen molar-refractivity contribution in [3.63, 3.8) is 0 Å². The molecule has 0 aliphatic carbocycles. The molecule has 0 unspecified atom stereocenters. The maximum absolute atomic E-state index is 11.0. The largest absolute Gasteiger partial charge is 0.351 e. The topological polar surface area (TPSA) is 20.3 Å². The molecule has 0 aromatic heterocycles. The molecule has 2 heteroatoms. The van der Waals surface area contributed by atoms with E-state index >= 15 is 0 Å². The minimum absolute atomic E-state index is 0.104. The lowest BCUT2D eigenvalue weighted by Gasteiger charge is -2.14. The smallest absolute Gasteiger partial charge is 0.156 e. The highest BCUT2D eigenvalue weighted by Gasteiger charge is 1.99. The number of anilines is 1. The van der Waals surface area contributed by atoms with Crippen molar-refractivity contribution in [1.29, 1.82) is 0 Å². The van der Waals surface area contributed by atoms with Crippen molar-refractivity contribution in [3.8, 4) is 0 Å². The lowest BCUT2D eigenvalue weighted by molar-refractivity contribution is -0.113. The highest BCUT2D eigenvalue weighted by molar-refractivity contribution is 5.92. The van der Waals surface area contributed by atoms with Crippen LogP contribution in [0.3, 0.4) is 0 Å². The predicted molar refractivity (Wildman–Crippen MR) is 59.3 cm³/mol. The number of allylic oxidation sites excluding steroid dienone is 1. The third-order valence-corrected chi connectivity index (χ3v) is 2.11. The molecule has 1 aromatic rings. The number of carbonyl (C=O) groups excluding carboxylic acids is 1. The van der Waals surface area contributed by atoms with Gasteiger partial charge >= 0.3 is 0 Å². The number of hydrogen-bond donors (Lipinski definition) is 0. The summed E-state index contributed by atoms with van der Waals surface area (Å²) >= 11 is 0. The Labute approximate surface area is 84.9 Å². The molecule has 0 saturated carbocycles. The fraction of sp³-hybridized carbons (Fsp3) is 0.250. The van der Waals surface area contributed by atoms with Gasteiger partial charge in [-0.25, -0.2) is 0 Å². The lowest BCUT2D eigenvalue weighted by atomic mass is 10.2. The molecule has 0 fully saturated rings. The van der Waals surface area contributed by atoms with Crippen molar-refractivity contribution in [2.45, 2.75) is 13.8 Å². The highest BCUT2D eigenvalue weighted by Crippen LogP contribution is 2.12. The fourth-order valence-corrected chi connectivity index (χ4v) is 1.12. The van der Waals surface area contributed by atoms with Crippen molar-refractivity contribution in [2.24, 2.45) is 0 Å². The van der Waals surface area contributed by atoms with Crippen LogP contribution in [0.5, 0.6) is 0 Å². The van der Waals surface area contributed by atoms with E-state index in [4.69, 9.17) is 0 Å². The van der Waals surface area contributed by atoms with Gasteiger partial charge in [0, 0.05) is 24.5 Å². The number of nitrogens with zero attached hydrogens (tertiary/aromatic N) is 1. The predicted octanol–water partition coefficient (Wildman–Crippen LogP) is 2.62. The molecule has 74 valence electrons. The monoisotopic (exact) mass is 189 g/mol. The summed E-state index contributed by atoms with van der Waals surface area (Å²) in [5.74, 6) is 0.104. The molecular weight excluding hydrogens is 174 g/mol. The Hall–Kier alpha value is -1.57. The van der Waals surface area contributed by atoms with E-state index in [1.165, 1.54) is 0 Å². The maximum Gasteiger partial charge on any atom is 0.156 e. The van der Waals surface area contributed by atoms with Crippen LogP contribution in [-0.4, -0.2) is 12.8 Å². The van der Waals surface area contributed by atoms with Crippen LogP contribution in [-0.2, 0) is 4.79 Å². The zero-order valence-electron chi connectivity index (χ0n) is 8.82. The van der Waals surface area contributed by atoms with Gasteiger partial charge in [-0.2, -0.15) is 0 Å². The molecule has 0 spiro atoms. The standard InChI is InChI=1S/C12H15NO/c1-10(11(2)14)9-13(3)12-7-5-4-6-8-12/h4-9H,1-3H3/b10-9+. The van der Waals surface area contributed by atoms with E-state index < -0.39 is 0 Å². The SMILES string of the molecule is CC(=O)/C(C)=C/N(C)c1ccccc1. The lowest BCUT2D eigenvalue weighted by Crippen LogP contribution is -2.10. The molecule has 14 heavy (non-hydrogen) atoms. The Balaban J connectivity index is 2.82. The Morgan fingerprint density at radius 2 is 1.79 bits per heavy atom. The van der Waals surface area contributed by atoms with Crippen LogP contribution in [0.15, 0.2) is 42.1 Å². The summed E-state index contributed by atoms with van der Waals surface area (Å²) in [6.45, 7) is 3.40. The number of para-hydroxylation sites is 1. The minimum Gasteiger partial charge on any atom is -0.351 e. The van der Waals surface area contributed by atoms with Gasteiger partial charge in [0.05, 0.1) is 0 Å². The molecule has 0 saturated heterocycles. The summed E-state index contributed by atoms with van der Waals surface area (Å²) < 4.78 is 0. The second-order valence-corrected chi connectivity index (χ2v) is 3.31. The van der Waals surface area contributed by atoms with Gasteiger partial charge in [-0.3, -0.25) is 4.79 Å². The van der Waals surface area contributed by atoms with E-state index in [1.807, 2.05) is 55.4 Å². The molecule has 1 aromatic carbocycles. The van der Waals surface area contributed by atoms with E-state index in [1.54, 1.807) is 6.92 Å². The molecule has 0 heterocycles. The van der Waals surface area contributed by atoms with Gasteiger partial charge in [0.2, 0.25) is 0 Å². The van der Waals surface area contributed by atoms with Crippen LogP contribution in [0.25, 0.3) is 0 Å². The second-order valence-electron chi connectivity index (χ2n) is 3.31. The number of rotatable bonds is 3. The summed E-state index contributed by atoms with van der Waals surface area (Å²) in [4.78, 5) is 13.0. The van der Waals surface area contributed by atoms with Crippen LogP contribution < -0.4 is 4.90 Å². The third kappa shape index (κ3) is 2.73. The maximum atomic E-state index is 11.0. The Bertz CT molecular complexity index is 341.